The summed E-state index contributed by atoms with van der Waals surface area (Å²) in [5.74, 6) is -0.0108. The van der Waals surface area contributed by atoms with Crippen LogP contribution in [-0.2, 0) is 9.53 Å². The van der Waals surface area contributed by atoms with Crippen LogP contribution in [0.15, 0.2) is 106 Å². The lowest BCUT2D eigenvalue weighted by molar-refractivity contribution is -0.140. The van der Waals surface area contributed by atoms with Gasteiger partial charge in [0.25, 0.3) is 0 Å². The van der Waals surface area contributed by atoms with Gasteiger partial charge in [-0.25, -0.2) is 15.0 Å². The van der Waals surface area contributed by atoms with E-state index in [0.717, 1.165) is 79.8 Å². The van der Waals surface area contributed by atoms with Crippen LogP contribution in [0.2, 0.25) is 0 Å². The summed E-state index contributed by atoms with van der Waals surface area (Å²) >= 11 is 0. The van der Waals surface area contributed by atoms with Crippen LogP contribution in [0.3, 0.4) is 0 Å². The molecule has 5 aliphatic heterocycles. The van der Waals surface area contributed by atoms with E-state index in [-0.39, 0.29) is 30.0 Å². The Bertz CT molecular complexity index is 1720. The van der Waals surface area contributed by atoms with Crippen LogP contribution in [0, 0.1) is 11.8 Å². The number of allylic oxidation sites excluding steroid dienone is 11. The Hall–Kier alpha value is -4.04. The number of carbonyl (C=O) groups is 1. The number of nitrogens with zero attached hydrogens (tertiary/aromatic N) is 3. The molecule has 3 atom stereocenters. The molecule has 0 unspecified atom stereocenters. The Balaban J connectivity index is 1.63. The molecule has 8 nitrogen and oxygen atoms in total. The Labute approximate surface area is 253 Å². The average Bonchev–Trinajstić information content (AvgIpc) is 3.68. The van der Waals surface area contributed by atoms with Crippen molar-refractivity contribution >= 4 is 23.1 Å². The van der Waals surface area contributed by atoms with Crippen LogP contribution < -0.4 is 5.32 Å². The van der Waals surface area contributed by atoms with Gasteiger partial charge in [-0.05, 0) is 88.0 Å². The normalized spacial score (nSPS) is 29.0. The molecule has 0 aromatic carbocycles. The second-order valence-electron chi connectivity index (χ2n) is 12.5. The molecule has 0 aromatic rings. The zero-order valence-electron chi connectivity index (χ0n) is 26.3. The number of aliphatic hydroxyl groups excluding tert-OH is 1. The summed E-state index contributed by atoms with van der Waals surface area (Å²) in [4.78, 5) is 27.4. The quantitative estimate of drug-likeness (QED) is 0.264. The standard InChI is InChI=1S/C35H40N4O4/c1-9-21-16(2)24-14-29-31(20(6)40)18(4)26(37-29)12-25-17(3)22(10-11-30(41)43-8)33(38-25)23-15-35(7,42)32-19(5)27(39-34(23)32)13-28(21)36-24/h12-14,17,22,38,40,42H,9-11,15H2,1-8H3/b24-14?,25-12?,27-13?,31-20-,33-23?/t17-,22-,35+/m0/s1. The molecule has 2 fully saturated rings. The topological polar surface area (TPSA) is 116 Å². The van der Waals surface area contributed by atoms with Crippen LogP contribution in [-0.4, -0.2) is 46.0 Å². The van der Waals surface area contributed by atoms with E-state index >= 15 is 0 Å². The predicted molar refractivity (Wildman–Crippen MR) is 170 cm³/mol. The lowest BCUT2D eigenvalue weighted by Crippen LogP contribution is -2.23. The Morgan fingerprint density at radius 3 is 2.44 bits per heavy atom. The molecule has 1 aliphatic carbocycles. The molecule has 0 amide bonds. The van der Waals surface area contributed by atoms with Crippen LogP contribution >= 0.6 is 0 Å². The lowest BCUT2D eigenvalue weighted by atomic mass is 9.86. The molecule has 1 saturated carbocycles. The summed E-state index contributed by atoms with van der Waals surface area (Å²) < 4.78 is 4.98. The van der Waals surface area contributed by atoms with Gasteiger partial charge in [-0.15, -0.1) is 0 Å². The third kappa shape index (κ3) is 4.54. The van der Waals surface area contributed by atoms with E-state index in [1.54, 1.807) is 6.92 Å². The van der Waals surface area contributed by atoms with E-state index in [4.69, 9.17) is 19.7 Å². The maximum Gasteiger partial charge on any atom is 0.305 e. The van der Waals surface area contributed by atoms with Crippen molar-refractivity contribution in [2.45, 2.75) is 79.8 Å². The number of nitrogens with one attached hydrogen (secondary N) is 1. The van der Waals surface area contributed by atoms with Gasteiger partial charge < -0.3 is 20.3 Å². The molecule has 6 rings (SSSR count). The SMILES string of the molecule is CCC1=C(C)C2=CC3=NC(=C(C)/C3=C(\C)O)C=C3NC(=C4C[C@@](C)(O)C5=C(C)C(=CC1=N2)N=C45)[C@@H](CCC(=O)OC)[C@@H]3C. The molecule has 8 heteroatoms. The van der Waals surface area contributed by atoms with Gasteiger partial charge in [0.2, 0.25) is 0 Å². The molecule has 0 aromatic heterocycles. The van der Waals surface area contributed by atoms with Crippen molar-refractivity contribution in [3.8, 4) is 0 Å². The van der Waals surface area contributed by atoms with Gasteiger partial charge >= 0.3 is 5.97 Å². The van der Waals surface area contributed by atoms with Crippen molar-refractivity contribution < 1.29 is 19.7 Å². The molecule has 0 radical (unpaired) electrons. The third-order valence-electron chi connectivity index (χ3n) is 9.73. The molecular formula is C35H40N4O4. The number of rotatable bonds is 4. The van der Waals surface area contributed by atoms with E-state index in [2.05, 4.69) is 32.2 Å². The number of hydrogen-bond donors (Lipinski definition) is 3. The van der Waals surface area contributed by atoms with E-state index in [0.29, 0.717) is 24.1 Å². The van der Waals surface area contributed by atoms with E-state index < -0.39 is 5.60 Å². The zero-order chi connectivity index (χ0) is 31.0. The average molecular weight is 581 g/mol. The lowest BCUT2D eigenvalue weighted by Gasteiger charge is -2.19. The fourth-order valence-electron chi connectivity index (χ4n) is 7.42. The number of methoxy groups -OCH3 is 1. The second kappa shape index (κ2) is 10.3. The van der Waals surface area contributed by atoms with Crippen molar-refractivity contribution in [2.24, 2.45) is 26.8 Å². The minimum absolute atomic E-state index is 0.0117. The van der Waals surface area contributed by atoms with E-state index in [1.807, 2.05) is 32.9 Å². The first kappa shape index (κ1) is 29.1. The monoisotopic (exact) mass is 580 g/mol. The second-order valence-corrected chi connectivity index (χ2v) is 12.5. The Morgan fingerprint density at radius 1 is 1.07 bits per heavy atom. The summed E-state index contributed by atoms with van der Waals surface area (Å²) in [6.45, 7) is 13.9. The summed E-state index contributed by atoms with van der Waals surface area (Å²) in [7, 11) is 1.41. The number of aliphatic hydroxyl groups is 2. The molecule has 1 saturated heterocycles. The largest absolute Gasteiger partial charge is 0.512 e. The van der Waals surface area contributed by atoms with Gasteiger partial charge in [-0.2, -0.15) is 0 Å². The van der Waals surface area contributed by atoms with Gasteiger partial charge in [0, 0.05) is 52.8 Å². The minimum Gasteiger partial charge on any atom is -0.512 e. The van der Waals surface area contributed by atoms with Crippen molar-refractivity contribution in [2.75, 3.05) is 7.11 Å². The molecule has 3 N–H and O–H groups in total. The molecule has 6 aliphatic rings. The van der Waals surface area contributed by atoms with Crippen LogP contribution in [0.5, 0.6) is 0 Å². The number of ether oxygens (including phenoxy) is 1. The highest BCUT2D eigenvalue weighted by Gasteiger charge is 2.48. The number of hydrogen-bond acceptors (Lipinski definition) is 8. The van der Waals surface area contributed by atoms with Gasteiger partial charge in [0.05, 0.1) is 52.7 Å². The fourth-order valence-corrected chi connectivity index (χ4v) is 7.42. The summed E-state index contributed by atoms with van der Waals surface area (Å²) in [5, 5.41) is 26.2. The molecule has 5 heterocycles. The van der Waals surface area contributed by atoms with Crippen LogP contribution in [0.25, 0.3) is 0 Å². The van der Waals surface area contributed by atoms with Gasteiger partial charge in [-0.3, -0.25) is 4.79 Å². The summed E-state index contributed by atoms with van der Waals surface area (Å²) in [5.41, 5.74) is 12.2. The highest BCUT2D eigenvalue weighted by molar-refractivity contribution is 6.22. The van der Waals surface area contributed by atoms with Gasteiger partial charge in [0.15, 0.2) is 0 Å². The number of esters is 1. The molecular weight excluding hydrogens is 540 g/mol. The van der Waals surface area contributed by atoms with Gasteiger partial charge in [-0.1, -0.05) is 13.8 Å². The number of carbonyl (C=O) groups excluding carboxylic acids is 1. The summed E-state index contributed by atoms with van der Waals surface area (Å²) in [6.07, 6.45) is 8.16. The van der Waals surface area contributed by atoms with Crippen molar-refractivity contribution in [3.05, 3.63) is 91.5 Å². The highest BCUT2D eigenvalue weighted by Crippen LogP contribution is 2.49. The fraction of sp³-hybridized carbons (Fsp3) is 0.429. The first-order valence-electron chi connectivity index (χ1n) is 15.1. The van der Waals surface area contributed by atoms with E-state index in [9.17, 15) is 15.0 Å². The van der Waals surface area contributed by atoms with Crippen molar-refractivity contribution in [1.29, 1.82) is 0 Å². The summed E-state index contributed by atoms with van der Waals surface area (Å²) in [6, 6.07) is 0. The molecule has 8 bridgehead atoms. The molecule has 224 valence electrons. The van der Waals surface area contributed by atoms with Crippen molar-refractivity contribution in [3.63, 3.8) is 0 Å². The zero-order valence-corrected chi connectivity index (χ0v) is 26.3. The van der Waals surface area contributed by atoms with Crippen LogP contribution in [0.1, 0.15) is 74.1 Å². The maximum atomic E-state index is 12.2. The number of fused-ring (bicyclic) bond motifs is 5. The Kier molecular flexibility index (Phi) is 6.96. The number of aliphatic imine (C=N–C) groups is 3. The molecule has 43 heavy (non-hydrogen) atoms. The van der Waals surface area contributed by atoms with Gasteiger partial charge in [0.1, 0.15) is 0 Å². The smallest absolute Gasteiger partial charge is 0.305 e. The minimum atomic E-state index is -1.08. The first-order valence-corrected chi connectivity index (χ1v) is 15.1. The third-order valence-corrected chi connectivity index (χ3v) is 9.73. The maximum absolute atomic E-state index is 12.2. The van der Waals surface area contributed by atoms with E-state index in [1.165, 1.54) is 7.11 Å². The first-order chi connectivity index (χ1) is 20.4. The Morgan fingerprint density at radius 2 is 1.77 bits per heavy atom. The molecule has 0 spiro atoms. The highest BCUT2D eigenvalue weighted by atomic mass is 16.5. The predicted octanol–water partition coefficient (Wildman–Crippen LogP) is 6.38. The van der Waals surface area contributed by atoms with Crippen LogP contribution in [0.4, 0.5) is 0 Å². The van der Waals surface area contributed by atoms with Crippen molar-refractivity contribution in [1.82, 2.24) is 5.32 Å².